The Morgan fingerprint density at radius 2 is 2.07 bits per heavy atom. The fourth-order valence-corrected chi connectivity index (χ4v) is 3.44. The van der Waals surface area contributed by atoms with Gasteiger partial charge in [-0.05, 0) is 38.0 Å². The summed E-state index contributed by atoms with van der Waals surface area (Å²) < 4.78 is 16.7. The van der Waals surface area contributed by atoms with Crippen LogP contribution in [0.1, 0.15) is 31.2 Å². The van der Waals surface area contributed by atoms with Gasteiger partial charge in [-0.3, -0.25) is 4.79 Å². The topological polar surface area (TPSA) is 106 Å². The van der Waals surface area contributed by atoms with Crippen molar-refractivity contribution in [1.82, 2.24) is 0 Å². The quantitative estimate of drug-likeness (QED) is 0.767. The molecular formula is C20H22O7. The molecule has 7 heteroatoms. The van der Waals surface area contributed by atoms with Crippen LogP contribution >= 0.6 is 0 Å². The molecule has 2 aromatic rings. The molecule has 0 bridgehead atoms. The van der Waals surface area contributed by atoms with Crippen molar-refractivity contribution in [2.24, 2.45) is 5.92 Å². The predicted molar refractivity (Wildman–Crippen MR) is 97.3 cm³/mol. The normalized spacial score (nSPS) is 22.3. The zero-order valence-electron chi connectivity index (χ0n) is 15.0. The van der Waals surface area contributed by atoms with E-state index < -0.39 is 18.2 Å². The van der Waals surface area contributed by atoms with E-state index in [0.29, 0.717) is 36.0 Å². The summed E-state index contributed by atoms with van der Waals surface area (Å²) >= 11 is 0. The van der Waals surface area contributed by atoms with Crippen LogP contribution in [0.5, 0.6) is 0 Å². The number of para-hydroxylation sites is 1. The predicted octanol–water partition coefficient (Wildman–Crippen LogP) is 2.63. The summed E-state index contributed by atoms with van der Waals surface area (Å²) in [5.74, 6) is -2.38. The molecule has 0 aliphatic carbocycles. The number of rotatable bonds is 7. The van der Waals surface area contributed by atoms with Gasteiger partial charge < -0.3 is 24.1 Å². The van der Waals surface area contributed by atoms with E-state index in [1.165, 1.54) is 12.3 Å². The van der Waals surface area contributed by atoms with Gasteiger partial charge in [-0.15, -0.1) is 0 Å². The van der Waals surface area contributed by atoms with Crippen molar-refractivity contribution >= 4 is 16.9 Å². The molecule has 0 saturated carbocycles. The fraction of sp³-hybridized carbons (Fsp3) is 0.400. The number of fused-ring (bicyclic) bond motifs is 1. The van der Waals surface area contributed by atoms with Crippen LogP contribution in [-0.2, 0) is 14.3 Å². The molecule has 0 unspecified atom stereocenters. The van der Waals surface area contributed by atoms with Crippen LogP contribution in [0.4, 0.5) is 0 Å². The number of aliphatic carboxylic acids is 1. The van der Waals surface area contributed by atoms with Gasteiger partial charge in [-0.25, -0.2) is 4.79 Å². The van der Waals surface area contributed by atoms with E-state index in [4.69, 9.17) is 13.9 Å². The van der Waals surface area contributed by atoms with Crippen LogP contribution in [0.2, 0.25) is 0 Å². The van der Waals surface area contributed by atoms with Crippen LogP contribution in [0.3, 0.4) is 0 Å². The summed E-state index contributed by atoms with van der Waals surface area (Å²) in [6, 6.07) is 6.90. The molecule has 3 rings (SSSR count). The number of carbonyl (C=O) groups is 1. The first-order chi connectivity index (χ1) is 13.1. The van der Waals surface area contributed by atoms with E-state index in [9.17, 15) is 19.8 Å². The smallest absolute Gasteiger partial charge is 0.370 e. The molecule has 3 atom stereocenters. The van der Waals surface area contributed by atoms with Gasteiger partial charge in [0, 0.05) is 30.6 Å². The molecule has 1 aromatic heterocycles. The monoisotopic (exact) mass is 374 g/mol. The highest BCUT2D eigenvalue weighted by molar-refractivity contribution is 5.84. The number of aliphatic hydroxyl groups is 1. The molecule has 0 fully saturated rings. The maximum atomic E-state index is 13.0. The van der Waals surface area contributed by atoms with E-state index in [1.807, 2.05) is 0 Å². The SMILES string of the molecule is CCO[C@@H]1OC(C(=O)O)=C[C@H](c2coc3ccccc3c2=O)[C@@H]1CCCO. The highest BCUT2D eigenvalue weighted by Gasteiger charge is 2.39. The molecule has 0 radical (unpaired) electrons. The third-order valence-electron chi connectivity index (χ3n) is 4.69. The second-order valence-electron chi connectivity index (χ2n) is 6.35. The summed E-state index contributed by atoms with van der Waals surface area (Å²) in [7, 11) is 0. The molecule has 7 nitrogen and oxygen atoms in total. The number of aliphatic hydroxyl groups excluding tert-OH is 1. The first kappa shape index (κ1) is 19.1. The van der Waals surface area contributed by atoms with Crippen LogP contribution in [0.15, 0.2) is 51.6 Å². The van der Waals surface area contributed by atoms with Gasteiger partial charge in [0.15, 0.2) is 5.43 Å². The van der Waals surface area contributed by atoms with Crippen molar-refractivity contribution < 1.29 is 28.9 Å². The van der Waals surface area contributed by atoms with Crippen molar-refractivity contribution in [1.29, 1.82) is 0 Å². The minimum Gasteiger partial charge on any atom is -0.475 e. The third-order valence-corrected chi connectivity index (χ3v) is 4.69. The van der Waals surface area contributed by atoms with E-state index in [2.05, 4.69) is 0 Å². The lowest BCUT2D eigenvalue weighted by Crippen LogP contribution is -2.37. The Balaban J connectivity index is 2.12. The average molecular weight is 374 g/mol. The lowest BCUT2D eigenvalue weighted by atomic mass is 9.81. The van der Waals surface area contributed by atoms with Gasteiger partial charge >= 0.3 is 5.97 Å². The van der Waals surface area contributed by atoms with Crippen LogP contribution in [0, 0.1) is 5.92 Å². The molecule has 0 amide bonds. The Morgan fingerprint density at radius 1 is 1.30 bits per heavy atom. The van der Waals surface area contributed by atoms with E-state index >= 15 is 0 Å². The summed E-state index contributed by atoms with van der Waals surface area (Å²) in [5, 5.41) is 19.1. The number of hydrogen-bond donors (Lipinski definition) is 2. The van der Waals surface area contributed by atoms with Crippen LogP contribution < -0.4 is 5.43 Å². The number of allylic oxidation sites excluding steroid dienone is 1. The molecule has 144 valence electrons. The Kier molecular flexibility index (Phi) is 5.93. The highest BCUT2D eigenvalue weighted by atomic mass is 16.7. The Bertz CT molecular complexity index is 899. The zero-order chi connectivity index (χ0) is 19.4. The standard InChI is InChI=1S/C20H22O7/c1-2-25-20-12(7-5-9-21)14(10-17(27-20)19(23)24)15-11-26-16-8-4-3-6-13(16)18(15)22/h3-4,6,8,10-12,14,20-21H,2,5,7,9H2,1H3,(H,23,24)/t12-,14-,20+/m0/s1. The molecule has 27 heavy (non-hydrogen) atoms. The average Bonchev–Trinajstić information content (AvgIpc) is 2.67. The van der Waals surface area contributed by atoms with E-state index in [-0.39, 0.29) is 23.7 Å². The van der Waals surface area contributed by atoms with Crippen molar-refractivity contribution in [3.8, 4) is 0 Å². The van der Waals surface area contributed by atoms with Crippen LogP contribution in [0.25, 0.3) is 11.0 Å². The molecule has 2 heterocycles. The zero-order valence-corrected chi connectivity index (χ0v) is 15.0. The van der Waals surface area contributed by atoms with Crippen molar-refractivity contribution in [2.75, 3.05) is 13.2 Å². The van der Waals surface area contributed by atoms with Gasteiger partial charge in [-0.1, -0.05) is 12.1 Å². The first-order valence-electron chi connectivity index (χ1n) is 8.91. The second-order valence-corrected chi connectivity index (χ2v) is 6.35. The molecule has 2 N–H and O–H groups in total. The molecular weight excluding hydrogens is 352 g/mol. The minimum atomic E-state index is -1.23. The Hall–Kier alpha value is -2.64. The van der Waals surface area contributed by atoms with Crippen molar-refractivity contribution in [3.63, 3.8) is 0 Å². The van der Waals surface area contributed by atoms with Gasteiger partial charge in [0.1, 0.15) is 5.58 Å². The molecule has 1 aliphatic heterocycles. The Morgan fingerprint density at radius 3 is 2.78 bits per heavy atom. The number of benzene rings is 1. The summed E-state index contributed by atoms with van der Waals surface area (Å²) in [6.07, 6.45) is 2.96. The van der Waals surface area contributed by atoms with Gasteiger partial charge in [-0.2, -0.15) is 0 Å². The number of hydrogen-bond acceptors (Lipinski definition) is 6. The van der Waals surface area contributed by atoms with Crippen molar-refractivity contribution in [3.05, 3.63) is 58.2 Å². The molecule has 1 aliphatic rings. The summed E-state index contributed by atoms with van der Waals surface area (Å²) in [5.41, 5.74) is 0.603. The second kappa shape index (κ2) is 8.37. The largest absolute Gasteiger partial charge is 0.475 e. The van der Waals surface area contributed by atoms with E-state index in [0.717, 1.165) is 0 Å². The molecule has 1 aromatic carbocycles. The summed E-state index contributed by atoms with van der Waals surface area (Å²) in [4.78, 5) is 24.5. The first-order valence-corrected chi connectivity index (χ1v) is 8.91. The number of carboxylic acids is 1. The fourth-order valence-electron chi connectivity index (χ4n) is 3.44. The van der Waals surface area contributed by atoms with E-state index in [1.54, 1.807) is 31.2 Å². The Labute approximate surface area is 155 Å². The minimum absolute atomic E-state index is 0.0239. The lowest BCUT2D eigenvalue weighted by molar-refractivity contribution is -0.173. The summed E-state index contributed by atoms with van der Waals surface area (Å²) in [6.45, 7) is 2.08. The highest BCUT2D eigenvalue weighted by Crippen LogP contribution is 2.38. The van der Waals surface area contributed by atoms with Gasteiger partial charge in [0.25, 0.3) is 0 Å². The molecule has 0 spiro atoms. The maximum absolute atomic E-state index is 13.0. The lowest BCUT2D eigenvalue weighted by Gasteiger charge is -2.36. The van der Waals surface area contributed by atoms with Gasteiger partial charge in [0.05, 0.1) is 11.6 Å². The van der Waals surface area contributed by atoms with Gasteiger partial charge in [0.2, 0.25) is 12.0 Å². The molecule has 0 saturated heterocycles. The number of ether oxygens (including phenoxy) is 2. The van der Waals surface area contributed by atoms with Crippen molar-refractivity contribution in [2.45, 2.75) is 32.0 Å². The third kappa shape index (κ3) is 3.89. The number of carboxylic acid groups (broad SMARTS) is 1. The maximum Gasteiger partial charge on any atom is 0.370 e. The van der Waals surface area contributed by atoms with Crippen LogP contribution in [-0.4, -0.2) is 35.7 Å².